The molecule has 0 radical (unpaired) electrons. The number of hydrogen-bond acceptors (Lipinski definition) is 3. The van der Waals surface area contributed by atoms with E-state index in [4.69, 9.17) is 4.74 Å². The number of aliphatic hydroxyl groups is 1. The highest BCUT2D eigenvalue weighted by molar-refractivity contribution is 5.77. The Kier molecular flexibility index (Phi) is 4.93. The number of fused-ring (bicyclic) bond motifs is 1. The Morgan fingerprint density at radius 1 is 1.47 bits per heavy atom. The normalized spacial score (nSPS) is 21.8. The first kappa shape index (κ1) is 14.0. The highest BCUT2D eigenvalue weighted by Crippen LogP contribution is 2.33. The zero-order chi connectivity index (χ0) is 13.7. The second-order valence-corrected chi connectivity index (χ2v) is 4.86. The molecule has 0 spiro atoms. The minimum Gasteiger partial charge on any atom is -0.396 e. The van der Waals surface area contributed by atoms with E-state index in [1.807, 2.05) is 25.1 Å². The number of hydrogen-bond donors (Lipinski definition) is 2. The molecule has 19 heavy (non-hydrogen) atoms. The van der Waals surface area contributed by atoms with Crippen molar-refractivity contribution in [3.05, 3.63) is 35.4 Å². The molecule has 0 fully saturated rings. The molecule has 0 aromatic heterocycles. The van der Waals surface area contributed by atoms with E-state index in [0.29, 0.717) is 6.61 Å². The van der Waals surface area contributed by atoms with Gasteiger partial charge in [0.1, 0.15) is 6.61 Å². The van der Waals surface area contributed by atoms with Gasteiger partial charge in [0.25, 0.3) is 0 Å². The summed E-state index contributed by atoms with van der Waals surface area (Å²) in [4.78, 5) is 11.8. The summed E-state index contributed by atoms with van der Waals surface area (Å²) < 4.78 is 5.12. The molecular weight excluding hydrogens is 242 g/mol. The van der Waals surface area contributed by atoms with Crippen molar-refractivity contribution in [1.29, 1.82) is 0 Å². The molecule has 4 heteroatoms. The molecule has 0 bridgehead atoms. The van der Waals surface area contributed by atoms with E-state index in [1.54, 1.807) is 0 Å². The van der Waals surface area contributed by atoms with Crippen LogP contribution >= 0.6 is 0 Å². The number of carbonyl (C=O) groups is 1. The van der Waals surface area contributed by atoms with Crippen LogP contribution in [-0.4, -0.2) is 30.8 Å². The molecule has 2 atom stereocenters. The molecular formula is C15H21NO3. The van der Waals surface area contributed by atoms with Crippen LogP contribution in [0.3, 0.4) is 0 Å². The van der Waals surface area contributed by atoms with Gasteiger partial charge in [-0.2, -0.15) is 0 Å². The van der Waals surface area contributed by atoms with E-state index in [1.165, 1.54) is 5.56 Å². The van der Waals surface area contributed by atoms with Crippen molar-refractivity contribution in [3.8, 4) is 0 Å². The number of aliphatic hydroxyl groups excluding tert-OH is 1. The lowest BCUT2D eigenvalue weighted by atomic mass is 9.80. The van der Waals surface area contributed by atoms with Crippen molar-refractivity contribution < 1.29 is 14.6 Å². The molecule has 4 nitrogen and oxygen atoms in total. The smallest absolute Gasteiger partial charge is 0.246 e. The minimum atomic E-state index is -0.123. The van der Waals surface area contributed by atoms with E-state index < -0.39 is 0 Å². The Balaban J connectivity index is 2.13. The van der Waals surface area contributed by atoms with Gasteiger partial charge in [-0.05, 0) is 30.9 Å². The Morgan fingerprint density at radius 2 is 2.26 bits per heavy atom. The lowest BCUT2D eigenvalue weighted by Crippen LogP contribution is -2.39. The van der Waals surface area contributed by atoms with Gasteiger partial charge < -0.3 is 15.2 Å². The third-order valence-corrected chi connectivity index (χ3v) is 3.63. The topological polar surface area (TPSA) is 58.6 Å². The molecule has 1 aliphatic rings. The van der Waals surface area contributed by atoms with E-state index in [-0.39, 0.29) is 31.1 Å². The fourth-order valence-corrected chi connectivity index (χ4v) is 2.63. The van der Waals surface area contributed by atoms with Gasteiger partial charge in [0, 0.05) is 19.1 Å². The van der Waals surface area contributed by atoms with Crippen LogP contribution in [-0.2, 0) is 16.0 Å². The van der Waals surface area contributed by atoms with Crippen molar-refractivity contribution in [2.24, 2.45) is 5.92 Å². The van der Waals surface area contributed by atoms with Gasteiger partial charge in [-0.3, -0.25) is 4.79 Å². The summed E-state index contributed by atoms with van der Waals surface area (Å²) in [7, 11) is 0. The summed E-state index contributed by atoms with van der Waals surface area (Å²) in [5.74, 6) is -0.0394. The number of rotatable bonds is 5. The Morgan fingerprint density at radius 3 is 3.00 bits per heavy atom. The van der Waals surface area contributed by atoms with Gasteiger partial charge in [-0.1, -0.05) is 24.3 Å². The van der Waals surface area contributed by atoms with Gasteiger partial charge in [0.05, 0.1) is 6.04 Å². The van der Waals surface area contributed by atoms with Gasteiger partial charge in [0.15, 0.2) is 0 Å². The molecule has 0 heterocycles. The van der Waals surface area contributed by atoms with E-state index >= 15 is 0 Å². The summed E-state index contributed by atoms with van der Waals surface area (Å²) in [6.07, 6.45) is 1.85. The SMILES string of the molecule is CCOCC(=O)N[C@@H]1c2ccccc2CC[C@H]1CO. The monoisotopic (exact) mass is 263 g/mol. The van der Waals surface area contributed by atoms with Gasteiger partial charge >= 0.3 is 0 Å². The summed E-state index contributed by atoms with van der Waals surface area (Å²) in [6, 6.07) is 7.99. The van der Waals surface area contributed by atoms with Crippen LogP contribution < -0.4 is 5.32 Å². The molecule has 104 valence electrons. The maximum atomic E-state index is 11.8. The Labute approximate surface area is 113 Å². The molecule has 2 rings (SSSR count). The van der Waals surface area contributed by atoms with Crippen LogP contribution in [0.5, 0.6) is 0 Å². The standard InChI is InChI=1S/C15H21NO3/c1-2-19-10-14(18)16-15-12(9-17)8-7-11-5-3-4-6-13(11)15/h3-6,12,15,17H,2,7-10H2,1H3,(H,16,18)/t12-,15-/m0/s1. The largest absolute Gasteiger partial charge is 0.396 e. The summed E-state index contributed by atoms with van der Waals surface area (Å²) in [6.45, 7) is 2.55. The zero-order valence-electron chi connectivity index (χ0n) is 11.3. The van der Waals surface area contributed by atoms with Gasteiger partial charge in [0.2, 0.25) is 5.91 Å². The summed E-state index contributed by atoms with van der Waals surface area (Å²) in [5, 5.41) is 12.5. The van der Waals surface area contributed by atoms with Crippen LogP contribution in [0.2, 0.25) is 0 Å². The third-order valence-electron chi connectivity index (χ3n) is 3.63. The van der Waals surface area contributed by atoms with E-state index in [2.05, 4.69) is 11.4 Å². The number of aryl methyl sites for hydroxylation is 1. The molecule has 1 amide bonds. The van der Waals surface area contributed by atoms with Crippen LogP contribution in [0.25, 0.3) is 0 Å². The fraction of sp³-hybridized carbons (Fsp3) is 0.533. The zero-order valence-corrected chi connectivity index (χ0v) is 11.3. The van der Waals surface area contributed by atoms with Crippen molar-refractivity contribution in [2.75, 3.05) is 19.8 Å². The maximum Gasteiger partial charge on any atom is 0.246 e. The second kappa shape index (κ2) is 6.68. The number of nitrogens with one attached hydrogen (secondary N) is 1. The molecule has 0 saturated carbocycles. The number of benzene rings is 1. The second-order valence-electron chi connectivity index (χ2n) is 4.86. The average molecular weight is 263 g/mol. The highest BCUT2D eigenvalue weighted by Gasteiger charge is 2.29. The van der Waals surface area contributed by atoms with Crippen molar-refractivity contribution >= 4 is 5.91 Å². The quantitative estimate of drug-likeness (QED) is 0.845. The lowest BCUT2D eigenvalue weighted by molar-refractivity contribution is -0.126. The average Bonchev–Trinajstić information content (AvgIpc) is 2.45. The van der Waals surface area contributed by atoms with Crippen LogP contribution in [0.15, 0.2) is 24.3 Å². The van der Waals surface area contributed by atoms with Crippen molar-refractivity contribution in [3.63, 3.8) is 0 Å². The van der Waals surface area contributed by atoms with E-state index in [0.717, 1.165) is 18.4 Å². The molecule has 2 N–H and O–H groups in total. The number of amides is 1. The van der Waals surface area contributed by atoms with E-state index in [9.17, 15) is 9.90 Å². The fourth-order valence-electron chi connectivity index (χ4n) is 2.63. The molecule has 0 aliphatic heterocycles. The maximum absolute atomic E-state index is 11.8. The number of carbonyl (C=O) groups excluding carboxylic acids is 1. The Hall–Kier alpha value is -1.39. The summed E-state index contributed by atoms with van der Waals surface area (Å²) in [5.41, 5.74) is 2.38. The van der Waals surface area contributed by atoms with Crippen LogP contribution in [0.4, 0.5) is 0 Å². The van der Waals surface area contributed by atoms with Crippen LogP contribution in [0.1, 0.15) is 30.5 Å². The van der Waals surface area contributed by atoms with Crippen molar-refractivity contribution in [2.45, 2.75) is 25.8 Å². The first-order valence-corrected chi connectivity index (χ1v) is 6.82. The molecule has 0 saturated heterocycles. The molecule has 1 aromatic carbocycles. The number of ether oxygens (including phenoxy) is 1. The van der Waals surface area contributed by atoms with Gasteiger partial charge in [-0.25, -0.2) is 0 Å². The summed E-state index contributed by atoms with van der Waals surface area (Å²) >= 11 is 0. The third kappa shape index (κ3) is 3.33. The predicted octanol–water partition coefficient (Wildman–Crippen LogP) is 1.44. The molecule has 1 aromatic rings. The first-order valence-electron chi connectivity index (χ1n) is 6.82. The highest BCUT2D eigenvalue weighted by atomic mass is 16.5. The lowest BCUT2D eigenvalue weighted by Gasteiger charge is -2.33. The molecule has 0 unspecified atom stereocenters. The van der Waals surface area contributed by atoms with Crippen LogP contribution in [0, 0.1) is 5.92 Å². The van der Waals surface area contributed by atoms with Crippen molar-refractivity contribution in [1.82, 2.24) is 5.32 Å². The Bertz CT molecular complexity index is 433. The predicted molar refractivity (Wildman–Crippen MR) is 72.7 cm³/mol. The minimum absolute atomic E-state index is 0.0767. The molecule has 1 aliphatic carbocycles. The first-order chi connectivity index (χ1) is 9.26. The van der Waals surface area contributed by atoms with Gasteiger partial charge in [-0.15, -0.1) is 0 Å².